The number of nitro benzene ring substituents is 1. The zero-order valence-corrected chi connectivity index (χ0v) is 15.5. The van der Waals surface area contributed by atoms with E-state index in [4.69, 9.17) is 14.2 Å². The lowest BCUT2D eigenvalue weighted by atomic mass is 10.0. The largest absolute Gasteiger partial charge is 0.493 e. The van der Waals surface area contributed by atoms with Crippen molar-refractivity contribution in [1.29, 1.82) is 0 Å². The summed E-state index contributed by atoms with van der Waals surface area (Å²) in [6.07, 6.45) is 4.22. The van der Waals surface area contributed by atoms with E-state index in [0.717, 1.165) is 0 Å². The first-order chi connectivity index (χ1) is 13.5. The number of hydrogen-bond donors (Lipinski definition) is 0. The molecule has 1 aliphatic rings. The Hall–Kier alpha value is -3.43. The van der Waals surface area contributed by atoms with Crippen molar-refractivity contribution in [3.63, 3.8) is 0 Å². The number of carbonyl (C=O) groups excluding carboxylic acids is 1. The fourth-order valence-electron chi connectivity index (χ4n) is 3.03. The van der Waals surface area contributed by atoms with Gasteiger partial charge in [0.25, 0.3) is 11.6 Å². The first-order valence-electron chi connectivity index (χ1n) is 8.66. The highest BCUT2D eigenvalue weighted by atomic mass is 16.6. The first-order valence-corrected chi connectivity index (χ1v) is 8.66. The van der Waals surface area contributed by atoms with Crippen molar-refractivity contribution in [1.82, 2.24) is 14.9 Å². The molecule has 1 aliphatic heterocycles. The van der Waals surface area contributed by atoms with Crippen molar-refractivity contribution >= 4 is 11.6 Å². The van der Waals surface area contributed by atoms with Crippen molar-refractivity contribution in [2.24, 2.45) is 0 Å². The Kier molecular flexibility index (Phi) is 5.87. The lowest BCUT2D eigenvalue weighted by molar-refractivity contribution is -0.385. The van der Waals surface area contributed by atoms with E-state index in [2.05, 4.69) is 9.97 Å². The number of piperidine rings is 1. The van der Waals surface area contributed by atoms with Gasteiger partial charge in [0, 0.05) is 44.4 Å². The topological polar surface area (TPSA) is 117 Å². The van der Waals surface area contributed by atoms with Crippen LogP contribution in [0.5, 0.6) is 17.5 Å². The molecule has 1 fully saturated rings. The molecule has 1 amide bonds. The second-order valence-corrected chi connectivity index (χ2v) is 6.12. The van der Waals surface area contributed by atoms with Crippen LogP contribution in [-0.4, -0.2) is 59.1 Å². The Morgan fingerprint density at radius 3 is 2.32 bits per heavy atom. The monoisotopic (exact) mass is 388 g/mol. The van der Waals surface area contributed by atoms with E-state index in [1.165, 1.54) is 26.4 Å². The lowest BCUT2D eigenvalue weighted by Crippen LogP contribution is -2.42. The van der Waals surface area contributed by atoms with Gasteiger partial charge in [-0.15, -0.1) is 0 Å². The zero-order chi connectivity index (χ0) is 20.1. The molecule has 0 spiro atoms. The maximum Gasteiger partial charge on any atom is 0.316 e. The molecule has 148 valence electrons. The number of aromatic nitrogens is 2. The molecule has 10 nitrogen and oxygen atoms in total. The van der Waals surface area contributed by atoms with Crippen molar-refractivity contribution in [3.8, 4) is 17.5 Å². The van der Waals surface area contributed by atoms with Gasteiger partial charge in [-0.3, -0.25) is 14.9 Å². The third-order valence-electron chi connectivity index (χ3n) is 4.47. The number of hydrogen-bond acceptors (Lipinski definition) is 8. The van der Waals surface area contributed by atoms with Gasteiger partial charge in [-0.25, -0.2) is 9.97 Å². The molecule has 0 saturated carbocycles. The fourth-order valence-corrected chi connectivity index (χ4v) is 3.03. The van der Waals surface area contributed by atoms with Gasteiger partial charge in [-0.2, -0.15) is 0 Å². The predicted octanol–water partition coefficient (Wildman–Crippen LogP) is 2.09. The average molecular weight is 388 g/mol. The van der Waals surface area contributed by atoms with Crippen molar-refractivity contribution in [2.75, 3.05) is 27.3 Å². The summed E-state index contributed by atoms with van der Waals surface area (Å²) in [5.74, 6) is 0.0266. The number of carbonyl (C=O) groups is 1. The van der Waals surface area contributed by atoms with E-state index < -0.39 is 10.8 Å². The molecule has 0 N–H and O–H groups in total. The summed E-state index contributed by atoms with van der Waals surface area (Å²) in [6, 6.07) is 4.54. The smallest absolute Gasteiger partial charge is 0.316 e. The lowest BCUT2D eigenvalue weighted by Gasteiger charge is -2.31. The van der Waals surface area contributed by atoms with Crippen LogP contribution >= 0.6 is 0 Å². The van der Waals surface area contributed by atoms with Crippen LogP contribution in [0, 0.1) is 10.1 Å². The number of rotatable bonds is 6. The summed E-state index contributed by atoms with van der Waals surface area (Å²) in [5, 5.41) is 11.4. The quantitative estimate of drug-likeness (QED) is 0.545. The first kappa shape index (κ1) is 19.3. The summed E-state index contributed by atoms with van der Waals surface area (Å²) in [5.41, 5.74) is -0.355. The van der Waals surface area contributed by atoms with Crippen LogP contribution in [0.3, 0.4) is 0 Å². The second kappa shape index (κ2) is 8.51. The van der Waals surface area contributed by atoms with Crippen LogP contribution < -0.4 is 14.2 Å². The van der Waals surface area contributed by atoms with Crippen LogP contribution in [0.2, 0.25) is 0 Å². The molecule has 0 aliphatic carbocycles. The summed E-state index contributed by atoms with van der Waals surface area (Å²) >= 11 is 0. The van der Waals surface area contributed by atoms with E-state index in [1.54, 1.807) is 23.4 Å². The average Bonchev–Trinajstić information content (AvgIpc) is 2.73. The number of nitro groups is 1. The minimum atomic E-state index is -0.599. The normalized spacial score (nSPS) is 14.4. The third-order valence-corrected chi connectivity index (χ3v) is 4.47. The number of likely N-dealkylation sites (tertiary alicyclic amines) is 1. The summed E-state index contributed by atoms with van der Waals surface area (Å²) in [4.78, 5) is 33.4. The molecule has 28 heavy (non-hydrogen) atoms. The molecule has 10 heteroatoms. The van der Waals surface area contributed by atoms with Gasteiger partial charge in [0.2, 0.25) is 0 Å². The molecule has 1 aromatic carbocycles. The molecule has 1 saturated heterocycles. The Labute approximate surface area is 161 Å². The number of ether oxygens (including phenoxy) is 3. The standard InChI is InChI=1S/C18H20N4O6/c1-26-15-10-13(14(22(24)25)11-16(15)27-2)17(23)21-8-4-12(5-9-21)28-18-19-6-3-7-20-18/h3,6-7,10-12H,4-5,8-9H2,1-2H3. The number of amides is 1. The highest BCUT2D eigenvalue weighted by molar-refractivity contribution is 5.99. The molecule has 1 aromatic heterocycles. The van der Waals surface area contributed by atoms with Crippen molar-refractivity contribution < 1.29 is 23.9 Å². The molecule has 0 bridgehead atoms. The van der Waals surface area contributed by atoms with Crippen molar-refractivity contribution in [3.05, 3.63) is 46.3 Å². The fraction of sp³-hybridized carbons (Fsp3) is 0.389. The molecule has 0 unspecified atom stereocenters. The van der Waals surface area contributed by atoms with Crippen LogP contribution in [0.25, 0.3) is 0 Å². The van der Waals surface area contributed by atoms with E-state index in [1.807, 2.05) is 0 Å². The minimum absolute atomic E-state index is 0.0339. The van der Waals surface area contributed by atoms with E-state index in [0.29, 0.717) is 31.9 Å². The van der Waals surface area contributed by atoms with Crippen LogP contribution in [-0.2, 0) is 0 Å². The van der Waals surface area contributed by atoms with Crippen LogP contribution in [0.1, 0.15) is 23.2 Å². The van der Waals surface area contributed by atoms with Gasteiger partial charge < -0.3 is 19.1 Å². The molecule has 0 radical (unpaired) electrons. The van der Waals surface area contributed by atoms with Crippen LogP contribution in [0.4, 0.5) is 5.69 Å². The maximum absolute atomic E-state index is 12.9. The number of nitrogens with zero attached hydrogens (tertiary/aromatic N) is 4. The third kappa shape index (κ3) is 4.11. The van der Waals surface area contributed by atoms with Gasteiger partial charge in [-0.1, -0.05) is 0 Å². The molecular weight excluding hydrogens is 368 g/mol. The van der Waals surface area contributed by atoms with Gasteiger partial charge in [-0.05, 0) is 6.07 Å². The van der Waals surface area contributed by atoms with Gasteiger partial charge in [0.1, 0.15) is 11.7 Å². The van der Waals surface area contributed by atoms with Crippen LogP contribution in [0.15, 0.2) is 30.6 Å². The predicted molar refractivity (Wildman–Crippen MR) is 97.8 cm³/mol. The molecular formula is C18H20N4O6. The SMILES string of the molecule is COc1cc(C(=O)N2CCC(Oc3ncccn3)CC2)c([N+](=O)[O-])cc1OC. The molecule has 0 atom stereocenters. The second-order valence-electron chi connectivity index (χ2n) is 6.12. The molecule has 2 heterocycles. The van der Waals surface area contributed by atoms with Gasteiger partial charge in [0.15, 0.2) is 11.5 Å². The highest BCUT2D eigenvalue weighted by Gasteiger charge is 2.31. The zero-order valence-electron chi connectivity index (χ0n) is 15.5. The van der Waals surface area contributed by atoms with Gasteiger partial charge in [0.05, 0.1) is 25.2 Å². The molecule has 2 aromatic rings. The Morgan fingerprint density at radius 1 is 1.14 bits per heavy atom. The van der Waals surface area contributed by atoms with E-state index in [9.17, 15) is 14.9 Å². The van der Waals surface area contributed by atoms with Gasteiger partial charge >= 0.3 is 6.01 Å². The Bertz CT molecular complexity index is 853. The highest BCUT2D eigenvalue weighted by Crippen LogP contribution is 2.35. The summed E-state index contributed by atoms with van der Waals surface area (Å²) in [7, 11) is 2.79. The minimum Gasteiger partial charge on any atom is -0.493 e. The van der Waals surface area contributed by atoms with E-state index in [-0.39, 0.29) is 28.9 Å². The summed E-state index contributed by atoms with van der Waals surface area (Å²) in [6.45, 7) is 0.809. The van der Waals surface area contributed by atoms with Crippen molar-refractivity contribution in [2.45, 2.75) is 18.9 Å². The van der Waals surface area contributed by atoms with E-state index >= 15 is 0 Å². The number of methoxy groups -OCH3 is 2. The summed E-state index contributed by atoms with van der Waals surface area (Å²) < 4.78 is 16.0. The molecule has 3 rings (SSSR count). The maximum atomic E-state index is 12.9. The Morgan fingerprint density at radius 2 is 1.75 bits per heavy atom. The Balaban J connectivity index is 1.73. The number of benzene rings is 1.